The van der Waals surface area contributed by atoms with E-state index in [4.69, 9.17) is 14.2 Å². The van der Waals surface area contributed by atoms with Gasteiger partial charge in [0.1, 0.15) is 5.60 Å². The Morgan fingerprint density at radius 2 is 1.79 bits per heavy atom. The van der Waals surface area contributed by atoms with E-state index >= 15 is 0 Å². The Kier molecular flexibility index (Phi) is 10.3. The topological polar surface area (TPSA) is 108 Å². The van der Waals surface area contributed by atoms with E-state index in [-0.39, 0.29) is 30.9 Å². The molecule has 1 N–H and O–H groups in total. The van der Waals surface area contributed by atoms with E-state index in [1.807, 2.05) is 0 Å². The molecule has 0 aromatic carbocycles. The molecule has 1 aliphatic heterocycles. The maximum Gasteiger partial charge on any atom is 0.330 e. The highest BCUT2D eigenvalue weighted by Gasteiger charge is 2.30. The third kappa shape index (κ3) is 11.0. The molecule has 8 nitrogen and oxygen atoms in total. The van der Waals surface area contributed by atoms with Crippen LogP contribution in [0.25, 0.3) is 0 Å². The third-order valence-electron chi connectivity index (χ3n) is 4.38. The van der Waals surface area contributed by atoms with Crippen LogP contribution in [-0.2, 0) is 33.3 Å². The monoisotopic (exact) mass is 414 g/mol. The number of rotatable bonds is 9. The summed E-state index contributed by atoms with van der Waals surface area (Å²) in [5.41, 5.74) is 0.217. The second kappa shape index (κ2) is 11.9. The molecule has 0 spiro atoms. The average Bonchev–Trinajstić information content (AvgIpc) is 2.59. The molecule has 0 amide bonds. The molecule has 0 aromatic heterocycles. The third-order valence-corrected chi connectivity index (χ3v) is 4.38. The van der Waals surface area contributed by atoms with Crippen LogP contribution < -0.4 is 0 Å². The lowest BCUT2D eigenvalue weighted by Gasteiger charge is -2.33. The number of carbonyl (C=O) groups excluding carboxylic acids is 3. The SMILES string of the molecule is COC(=O)/C=C1\C[C@H](CC(=O)OC(C)(C)C)O[C@H](C[C@H](O)CCCC(=O)OC)C1. The van der Waals surface area contributed by atoms with Crippen LogP contribution >= 0.6 is 0 Å². The summed E-state index contributed by atoms with van der Waals surface area (Å²) in [5, 5.41) is 10.3. The standard InChI is InChI=1S/C21H34O8/c1-21(2,3)29-20(25)13-17-10-14(11-19(24)27-5)9-16(28-17)12-15(22)7-6-8-18(23)26-4/h11,15-17,22H,6-10,12-13H2,1-5H3/b14-11-/t15-,16+,17-/m1/s1. The summed E-state index contributed by atoms with van der Waals surface area (Å²) >= 11 is 0. The Labute approximate surface area is 172 Å². The second-order valence-electron chi connectivity index (χ2n) is 8.26. The number of hydrogen-bond donors (Lipinski definition) is 1. The van der Waals surface area contributed by atoms with Gasteiger partial charge in [-0.1, -0.05) is 5.57 Å². The van der Waals surface area contributed by atoms with Crippen molar-refractivity contribution >= 4 is 17.9 Å². The van der Waals surface area contributed by atoms with Crippen LogP contribution in [0.1, 0.15) is 65.7 Å². The summed E-state index contributed by atoms with van der Waals surface area (Å²) < 4.78 is 20.6. The number of ether oxygens (including phenoxy) is 4. The average molecular weight is 414 g/mol. The summed E-state index contributed by atoms with van der Waals surface area (Å²) in [6.45, 7) is 5.38. The molecule has 0 aliphatic carbocycles. The van der Waals surface area contributed by atoms with E-state index in [2.05, 4.69) is 4.74 Å². The predicted molar refractivity (Wildman–Crippen MR) is 105 cm³/mol. The summed E-state index contributed by atoms with van der Waals surface area (Å²) in [7, 11) is 2.63. The predicted octanol–water partition coefficient (Wildman–Crippen LogP) is 2.46. The van der Waals surface area contributed by atoms with Crippen molar-refractivity contribution in [3.63, 3.8) is 0 Å². The molecule has 0 aromatic rings. The van der Waals surface area contributed by atoms with Crippen molar-refractivity contribution in [1.29, 1.82) is 0 Å². The fraction of sp³-hybridized carbons (Fsp3) is 0.762. The molecule has 1 aliphatic rings. The maximum absolute atomic E-state index is 12.2. The fourth-order valence-electron chi connectivity index (χ4n) is 3.21. The molecule has 1 rings (SSSR count). The number of aliphatic hydroxyl groups excluding tert-OH is 1. The minimum atomic E-state index is -0.663. The molecular weight excluding hydrogens is 380 g/mol. The van der Waals surface area contributed by atoms with Crippen LogP contribution in [0.2, 0.25) is 0 Å². The van der Waals surface area contributed by atoms with E-state index in [1.54, 1.807) is 20.8 Å². The molecule has 1 fully saturated rings. The quantitative estimate of drug-likeness (QED) is 0.348. The molecule has 8 heteroatoms. The number of carbonyl (C=O) groups is 3. The molecule has 0 unspecified atom stereocenters. The molecule has 29 heavy (non-hydrogen) atoms. The van der Waals surface area contributed by atoms with Gasteiger partial charge in [-0.05, 0) is 52.9 Å². The minimum Gasteiger partial charge on any atom is -0.469 e. The van der Waals surface area contributed by atoms with E-state index < -0.39 is 23.8 Å². The van der Waals surface area contributed by atoms with Gasteiger partial charge in [0.2, 0.25) is 0 Å². The molecule has 0 bridgehead atoms. The first-order valence-electron chi connectivity index (χ1n) is 9.92. The molecule has 1 heterocycles. The Bertz CT molecular complexity index is 590. The van der Waals surface area contributed by atoms with Crippen molar-refractivity contribution in [3.8, 4) is 0 Å². The Balaban J connectivity index is 2.69. The second-order valence-corrected chi connectivity index (χ2v) is 8.26. The smallest absolute Gasteiger partial charge is 0.330 e. The van der Waals surface area contributed by atoms with Crippen LogP contribution in [-0.4, -0.2) is 61.1 Å². The van der Waals surface area contributed by atoms with E-state index in [0.717, 1.165) is 5.57 Å². The highest BCUT2D eigenvalue weighted by molar-refractivity contribution is 5.82. The summed E-state index contributed by atoms with van der Waals surface area (Å²) in [6.07, 6.45) is 2.43. The Hall–Kier alpha value is -1.93. The van der Waals surface area contributed by atoms with Crippen LogP contribution in [0.15, 0.2) is 11.6 Å². The van der Waals surface area contributed by atoms with Crippen molar-refractivity contribution in [3.05, 3.63) is 11.6 Å². The Morgan fingerprint density at radius 3 is 2.38 bits per heavy atom. The number of esters is 3. The highest BCUT2D eigenvalue weighted by atomic mass is 16.6. The lowest BCUT2D eigenvalue weighted by molar-refractivity contribution is -0.160. The van der Waals surface area contributed by atoms with Crippen molar-refractivity contribution in [2.24, 2.45) is 0 Å². The summed E-state index contributed by atoms with van der Waals surface area (Å²) in [4.78, 5) is 35.0. The largest absolute Gasteiger partial charge is 0.469 e. The first kappa shape index (κ1) is 25.1. The van der Waals surface area contributed by atoms with Crippen molar-refractivity contribution in [2.45, 2.75) is 89.6 Å². The van der Waals surface area contributed by atoms with Gasteiger partial charge in [-0.25, -0.2) is 4.79 Å². The van der Waals surface area contributed by atoms with Crippen LogP contribution in [0.3, 0.4) is 0 Å². The maximum atomic E-state index is 12.2. The summed E-state index contributed by atoms with van der Waals surface area (Å²) in [6, 6.07) is 0. The lowest BCUT2D eigenvalue weighted by Crippen LogP contribution is -2.35. The van der Waals surface area contributed by atoms with Crippen LogP contribution in [0.5, 0.6) is 0 Å². The normalized spacial score (nSPS) is 22.1. The molecular formula is C21H34O8. The zero-order valence-corrected chi connectivity index (χ0v) is 18.1. The molecule has 3 atom stereocenters. The minimum absolute atomic E-state index is 0.0602. The van der Waals surface area contributed by atoms with Gasteiger partial charge in [-0.2, -0.15) is 0 Å². The zero-order valence-electron chi connectivity index (χ0n) is 18.1. The van der Waals surface area contributed by atoms with Gasteiger partial charge in [0.05, 0.1) is 39.0 Å². The van der Waals surface area contributed by atoms with Gasteiger partial charge in [0.15, 0.2) is 0 Å². The van der Waals surface area contributed by atoms with Crippen LogP contribution in [0.4, 0.5) is 0 Å². The van der Waals surface area contributed by atoms with E-state index in [0.29, 0.717) is 32.1 Å². The highest BCUT2D eigenvalue weighted by Crippen LogP contribution is 2.30. The Morgan fingerprint density at radius 1 is 1.14 bits per heavy atom. The molecule has 0 saturated carbocycles. The first-order valence-corrected chi connectivity index (χ1v) is 9.92. The van der Waals surface area contributed by atoms with Gasteiger partial charge in [-0.15, -0.1) is 0 Å². The molecule has 1 saturated heterocycles. The summed E-state index contributed by atoms with van der Waals surface area (Å²) in [5.74, 6) is -1.15. The van der Waals surface area contributed by atoms with Crippen molar-refractivity contribution in [1.82, 2.24) is 0 Å². The molecule has 166 valence electrons. The lowest BCUT2D eigenvalue weighted by atomic mass is 9.92. The number of methoxy groups -OCH3 is 2. The van der Waals surface area contributed by atoms with E-state index in [9.17, 15) is 19.5 Å². The zero-order chi connectivity index (χ0) is 22.0. The van der Waals surface area contributed by atoms with Gasteiger partial charge >= 0.3 is 17.9 Å². The van der Waals surface area contributed by atoms with Gasteiger partial charge in [-0.3, -0.25) is 9.59 Å². The number of hydrogen-bond acceptors (Lipinski definition) is 8. The van der Waals surface area contributed by atoms with Crippen molar-refractivity contribution in [2.75, 3.05) is 14.2 Å². The van der Waals surface area contributed by atoms with E-state index in [1.165, 1.54) is 20.3 Å². The van der Waals surface area contributed by atoms with Gasteiger partial charge < -0.3 is 24.1 Å². The van der Waals surface area contributed by atoms with Crippen molar-refractivity contribution < 1.29 is 38.4 Å². The molecule has 0 radical (unpaired) electrons. The first-order chi connectivity index (χ1) is 13.5. The number of aliphatic hydroxyl groups is 1. The van der Waals surface area contributed by atoms with Crippen LogP contribution in [0, 0.1) is 0 Å². The fourth-order valence-corrected chi connectivity index (χ4v) is 3.21. The van der Waals surface area contributed by atoms with Gasteiger partial charge in [0.25, 0.3) is 0 Å². The van der Waals surface area contributed by atoms with Gasteiger partial charge in [0, 0.05) is 12.5 Å².